The lowest BCUT2D eigenvalue weighted by Crippen LogP contribution is -2.30. The van der Waals surface area contributed by atoms with Gasteiger partial charge in [0.1, 0.15) is 0 Å². The predicted molar refractivity (Wildman–Crippen MR) is 60.7 cm³/mol. The fourth-order valence-corrected chi connectivity index (χ4v) is 2.18. The molecule has 1 unspecified atom stereocenters. The van der Waals surface area contributed by atoms with Crippen molar-refractivity contribution in [2.24, 2.45) is 5.92 Å². The number of aromatic hydroxyl groups is 3. The summed E-state index contributed by atoms with van der Waals surface area (Å²) >= 11 is 0. The van der Waals surface area contributed by atoms with E-state index in [2.05, 4.69) is 5.32 Å². The second kappa shape index (κ2) is 4.61. The molecule has 0 amide bonds. The molecular weight excluding hydrogens is 206 g/mol. The maximum absolute atomic E-state index is 9.68. The highest BCUT2D eigenvalue weighted by atomic mass is 16.3. The van der Waals surface area contributed by atoms with E-state index >= 15 is 0 Å². The molecular formula is C12H17NO3. The number of nitrogens with one attached hydrogen (secondary N) is 1. The number of piperidine rings is 1. The molecule has 16 heavy (non-hydrogen) atoms. The van der Waals surface area contributed by atoms with Gasteiger partial charge in [0.2, 0.25) is 5.75 Å². The zero-order valence-electron chi connectivity index (χ0n) is 9.11. The minimum absolute atomic E-state index is 0.189. The molecule has 1 aromatic rings. The Morgan fingerprint density at radius 2 is 2.00 bits per heavy atom. The quantitative estimate of drug-likeness (QED) is 0.571. The van der Waals surface area contributed by atoms with Crippen molar-refractivity contribution in [2.75, 3.05) is 13.1 Å². The molecule has 1 fully saturated rings. The second-order valence-corrected chi connectivity index (χ2v) is 4.36. The molecule has 4 N–H and O–H groups in total. The summed E-state index contributed by atoms with van der Waals surface area (Å²) < 4.78 is 0. The van der Waals surface area contributed by atoms with Crippen molar-refractivity contribution in [2.45, 2.75) is 19.3 Å². The van der Waals surface area contributed by atoms with Crippen LogP contribution in [-0.4, -0.2) is 28.4 Å². The van der Waals surface area contributed by atoms with Crippen LogP contribution in [0.4, 0.5) is 0 Å². The Labute approximate surface area is 94.5 Å². The highest BCUT2D eigenvalue weighted by Gasteiger charge is 2.17. The van der Waals surface area contributed by atoms with E-state index in [4.69, 9.17) is 0 Å². The fourth-order valence-electron chi connectivity index (χ4n) is 2.18. The minimum atomic E-state index is -0.415. The number of rotatable bonds is 2. The topological polar surface area (TPSA) is 72.7 Å². The number of benzene rings is 1. The van der Waals surface area contributed by atoms with Gasteiger partial charge in [0.15, 0.2) is 11.5 Å². The summed E-state index contributed by atoms with van der Waals surface area (Å²) in [6, 6.07) is 3.08. The number of phenolic OH excluding ortho intramolecular Hbond substituents is 3. The summed E-state index contributed by atoms with van der Waals surface area (Å²) in [5, 5.41) is 31.6. The molecule has 0 saturated carbocycles. The van der Waals surface area contributed by atoms with Crippen LogP contribution in [0.5, 0.6) is 17.2 Å². The number of hydrogen-bond donors (Lipinski definition) is 4. The number of phenols is 3. The molecule has 0 bridgehead atoms. The van der Waals surface area contributed by atoms with Gasteiger partial charge in [0.05, 0.1) is 0 Å². The summed E-state index contributed by atoms with van der Waals surface area (Å²) in [6.45, 7) is 2.00. The molecule has 1 aliphatic heterocycles. The van der Waals surface area contributed by atoms with Crippen LogP contribution < -0.4 is 5.32 Å². The lowest BCUT2D eigenvalue weighted by molar-refractivity contribution is 0.350. The Morgan fingerprint density at radius 1 is 1.19 bits per heavy atom. The molecule has 1 atom stereocenters. The maximum atomic E-state index is 9.68. The summed E-state index contributed by atoms with van der Waals surface area (Å²) in [4.78, 5) is 0. The molecule has 1 heterocycles. The Bertz CT molecular complexity index is 373. The molecule has 4 nitrogen and oxygen atoms in total. The Balaban J connectivity index is 2.11. The number of hydrogen-bond acceptors (Lipinski definition) is 4. The van der Waals surface area contributed by atoms with Crippen molar-refractivity contribution in [3.8, 4) is 17.2 Å². The van der Waals surface area contributed by atoms with Gasteiger partial charge in [-0.15, -0.1) is 0 Å². The zero-order valence-corrected chi connectivity index (χ0v) is 9.11. The van der Waals surface area contributed by atoms with Gasteiger partial charge in [-0.1, -0.05) is 6.07 Å². The fraction of sp³-hybridized carbons (Fsp3) is 0.500. The lowest BCUT2D eigenvalue weighted by Gasteiger charge is -2.23. The first-order chi connectivity index (χ1) is 7.68. The minimum Gasteiger partial charge on any atom is -0.504 e. The van der Waals surface area contributed by atoms with Gasteiger partial charge in [-0.3, -0.25) is 0 Å². The van der Waals surface area contributed by atoms with Gasteiger partial charge in [0, 0.05) is 0 Å². The molecule has 0 radical (unpaired) electrons. The van der Waals surface area contributed by atoms with Gasteiger partial charge in [-0.2, -0.15) is 0 Å². The second-order valence-electron chi connectivity index (χ2n) is 4.36. The van der Waals surface area contributed by atoms with Gasteiger partial charge in [-0.25, -0.2) is 0 Å². The first-order valence-corrected chi connectivity index (χ1v) is 5.62. The van der Waals surface area contributed by atoms with Crippen LogP contribution in [0.15, 0.2) is 12.1 Å². The maximum Gasteiger partial charge on any atom is 0.200 e. The van der Waals surface area contributed by atoms with E-state index in [0.29, 0.717) is 11.5 Å². The molecule has 0 spiro atoms. The smallest absolute Gasteiger partial charge is 0.200 e. The molecule has 1 aromatic carbocycles. The van der Waals surface area contributed by atoms with E-state index in [1.165, 1.54) is 6.07 Å². The molecule has 1 aliphatic rings. The van der Waals surface area contributed by atoms with Crippen molar-refractivity contribution in [1.82, 2.24) is 5.32 Å². The van der Waals surface area contributed by atoms with Crippen molar-refractivity contribution in [3.05, 3.63) is 17.7 Å². The summed E-state index contributed by atoms with van der Waals surface area (Å²) in [5.41, 5.74) is 0.698. The first-order valence-electron chi connectivity index (χ1n) is 5.62. The van der Waals surface area contributed by atoms with Crippen LogP contribution in [-0.2, 0) is 6.42 Å². The van der Waals surface area contributed by atoms with Crippen molar-refractivity contribution in [3.63, 3.8) is 0 Å². The average Bonchev–Trinajstić information content (AvgIpc) is 2.31. The van der Waals surface area contributed by atoms with Crippen molar-refractivity contribution in [1.29, 1.82) is 0 Å². The van der Waals surface area contributed by atoms with Crippen LogP contribution >= 0.6 is 0 Å². The van der Waals surface area contributed by atoms with E-state index < -0.39 is 5.75 Å². The molecule has 2 rings (SSSR count). The Kier molecular flexibility index (Phi) is 3.19. The highest BCUT2D eigenvalue weighted by Crippen LogP contribution is 2.38. The molecule has 88 valence electrons. The highest BCUT2D eigenvalue weighted by molar-refractivity contribution is 5.53. The van der Waals surface area contributed by atoms with Crippen LogP contribution in [0, 0.1) is 5.92 Å². The lowest BCUT2D eigenvalue weighted by atomic mass is 9.92. The SMILES string of the molecule is Oc1ccc(CC2CCCNC2)c(O)c1O. The molecule has 1 saturated heterocycles. The van der Waals surface area contributed by atoms with Crippen LogP contribution in [0.2, 0.25) is 0 Å². The standard InChI is InChI=1S/C12H17NO3/c14-10-4-3-9(11(15)12(10)16)6-8-2-1-5-13-7-8/h3-4,8,13-16H,1-2,5-7H2. The monoisotopic (exact) mass is 223 g/mol. The van der Waals surface area contributed by atoms with Crippen molar-refractivity contribution < 1.29 is 15.3 Å². The first kappa shape index (κ1) is 11.1. The Morgan fingerprint density at radius 3 is 2.69 bits per heavy atom. The van der Waals surface area contributed by atoms with E-state index in [1.807, 2.05) is 0 Å². The predicted octanol–water partition coefficient (Wildman–Crippen LogP) is 1.35. The van der Waals surface area contributed by atoms with Crippen LogP contribution in [0.25, 0.3) is 0 Å². The van der Waals surface area contributed by atoms with Gasteiger partial charge < -0.3 is 20.6 Å². The summed E-state index contributed by atoms with van der Waals surface area (Å²) in [7, 11) is 0. The Hall–Kier alpha value is -1.42. The molecule has 0 aliphatic carbocycles. The third kappa shape index (κ3) is 2.22. The van der Waals surface area contributed by atoms with E-state index in [-0.39, 0.29) is 11.5 Å². The summed E-state index contributed by atoms with van der Waals surface area (Å²) in [5.74, 6) is -0.390. The van der Waals surface area contributed by atoms with E-state index in [0.717, 1.165) is 32.4 Å². The largest absolute Gasteiger partial charge is 0.504 e. The van der Waals surface area contributed by atoms with E-state index in [9.17, 15) is 15.3 Å². The molecule has 4 heteroatoms. The van der Waals surface area contributed by atoms with Crippen LogP contribution in [0.3, 0.4) is 0 Å². The zero-order chi connectivity index (χ0) is 11.5. The summed E-state index contributed by atoms with van der Waals surface area (Å²) in [6.07, 6.45) is 3.01. The normalized spacial score (nSPS) is 20.9. The molecule has 0 aromatic heterocycles. The van der Waals surface area contributed by atoms with Gasteiger partial charge in [-0.05, 0) is 49.9 Å². The van der Waals surface area contributed by atoms with Gasteiger partial charge >= 0.3 is 0 Å². The van der Waals surface area contributed by atoms with Crippen molar-refractivity contribution >= 4 is 0 Å². The third-order valence-electron chi connectivity index (χ3n) is 3.12. The van der Waals surface area contributed by atoms with Crippen LogP contribution in [0.1, 0.15) is 18.4 Å². The average molecular weight is 223 g/mol. The van der Waals surface area contributed by atoms with Gasteiger partial charge in [0.25, 0.3) is 0 Å². The van der Waals surface area contributed by atoms with E-state index in [1.54, 1.807) is 6.07 Å². The third-order valence-corrected chi connectivity index (χ3v) is 3.12.